The summed E-state index contributed by atoms with van der Waals surface area (Å²) in [5.74, 6) is -0.512. The van der Waals surface area contributed by atoms with Crippen molar-refractivity contribution < 1.29 is 9.21 Å². The van der Waals surface area contributed by atoms with Gasteiger partial charge in [0.1, 0.15) is 0 Å². The van der Waals surface area contributed by atoms with Crippen molar-refractivity contribution in [3.8, 4) is 0 Å². The first-order valence-corrected chi connectivity index (χ1v) is 4.62. The highest BCUT2D eigenvalue weighted by Gasteiger charge is 2.08. The van der Waals surface area contributed by atoms with Gasteiger partial charge in [0.05, 0.1) is 5.52 Å². The van der Waals surface area contributed by atoms with Crippen molar-refractivity contribution in [2.75, 3.05) is 11.9 Å². The third-order valence-corrected chi connectivity index (χ3v) is 2.38. The number of thiol groups is 1. The van der Waals surface area contributed by atoms with E-state index in [1.54, 1.807) is 25.2 Å². The molecule has 1 amide bonds. The van der Waals surface area contributed by atoms with Gasteiger partial charge in [-0.1, -0.05) is 12.6 Å². The van der Waals surface area contributed by atoms with E-state index in [0.29, 0.717) is 16.8 Å². The Bertz CT molecular complexity index is 572. The van der Waals surface area contributed by atoms with E-state index in [1.807, 2.05) is 0 Å². The third kappa shape index (κ3) is 1.75. The average molecular weight is 224 g/mol. The van der Waals surface area contributed by atoms with Crippen LogP contribution in [0.25, 0.3) is 11.1 Å². The second-order valence-corrected chi connectivity index (χ2v) is 3.42. The molecule has 0 bridgehead atoms. The number of rotatable bonds is 1. The number of benzene rings is 1. The van der Waals surface area contributed by atoms with Crippen LogP contribution in [0.3, 0.4) is 0 Å². The van der Waals surface area contributed by atoms with Gasteiger partial charge in [0.15, 0.2) is 5.58 Å². The fraction of sp³-hybridized carbons (Fsp3) is 0.111. The van der Waals surface area contributed by atoms with Crippen LogP contribution in [-0.4, -0.2) is 17.3 Å². The van der Waals surface area contributed by atoms with Gasteiger partial charge < -0.3 is 9.32 Å². The van der Waals surface area contributed by atoms with E-state index in [1.165, 1.54) is 4.90 Å². The van der Waals surface area contributed by atoms with Crippen molar-refractivity contribution >= 4 is 34.7 Å². The number of anilines is 1. The molecular formula is C9H8N2O3S. The van der Waals surface area contributed by atoms with Crippen LogP contribution < -0.4 is 10.7 Å². The van der Waals surface area contributed by atoms with Crippen LogP contribution in [0.4, 0.5) is 10.5 Å². The van der Waals surface area contributed by atoms with Crippen molar-refractivity contribution in [2.24, 2.45) is 0 Å². The number of nitrogens with one attached hydrogen (secondary N) is 1. The lowest BCUT2D eigenvalue weighted by Crippen LogP contribution is -2.19. The molecular weight excluding hydrogens is 216 g/mol. The lowest BCUT2D eigenvalue weighted by atomic mass is 10.3. The van der Waals surface area contributed by atoms with Gasteiger partial charge in [-0.05, 0) is 18.2 Å². The summed E-state index contributed by atoms with van der Waals surface area (Å²) in [6.07, 6.45) is 0. The second kappa shape index (κ2) is 3.47. The fourth-order valence-corrected chi connectivity index (χ4v) is 1.37. The van der Waals surface area contributed by atoms with E-state index in [4.69, 9.17) is 4.42 Å². The highest BCUT2D eigenvalue weighted by atomic mass is 32.1. The summed E-state index contributed by atoms with van der Waals surface area (Å²) < 4.78 is 4.83. The Kier molecular flexibility index (Phi) is 2.28. The van der Waals surface area contributed by atoms with Gasteiger partial charge >= 0.3 is 5.76 Å². The largest absolute Gasteiger partial charge is 0.417 e. The van der Waals surface area contributed by atoms with Gasteiger partial charge in [-0.2, -0.15) is 0 Å². The minimum atomic E-state index is -0.512. The van der Waals surface area contributed by atoms with Crippen LogP contribution in [0.1, 0.15) is 0 Å². The van der Waals surface area contributed by atoms with Gasteiger partial charge in [0.2, 0.25) is 0 Å². The first kappa shape index (κ1) is 9.85. The Labute approximate surface area is 90.1 Å². The van der Waals surface area contributed by atoms with Crippen LogP contribution >= 0.6 is 12.6 Å². The minimum absolute atomic E-state index is 0.375. The molecule has 0 atom stereocenters. The van der Waals surface area contributed by atoms with Gasteiger partial charge in [-0.25, -0.2) is 4.79 Å². The van der Waals surface area contributed by atoms with Crippen LogP contribution in [-0.2, 0) is 0 Å². The molecule has 0 saturated carbocycles. The summed E-state index contributed by atoms with van der Waals surface area (Å²) in [4.78, 5) is 25.7. The van der Waals surface area contributed by atoms with E-state index in [-0.39, 0.29) is 5.24 Å². The minimum Gasteiger partial charge on any atom is -0.408 e. The number of carbonyl (C=O) groups is 1. The van der Waals surface area contributed by atoms with Gasteiger partial charge in [-0.15, -0.1) is 0 Å². The average Bonchev–Trinajstić information content (AvgIpc) is 2.55. The molecule has 1 heterocycles. The number of oxazole rings is 1. The van der Waals surface area contributed by atoms with Crippen molar-refractivity contribution in [2.45, 2.75) is 0 Å². The first-order chi connectivity index (χ1) is 7.08. The van der Waals surface area contributed by atoms with Crippen LogP contribution in [0.2, 0.25) is 0 Å². The molecule has 15 heavy (non-hydrogen) atoms. The summed E-state index contributed by atoms with van der Waals surface area (Å²) in [6.45, 7) is 0. The quantitative estimate of drug-likeness (QED) is 0.723. The second-order valence-electron chi connectivity index (χ2n) is 3.04. The summed E-state index contributed by atoms with van der Waals surface area (Å²) in [7, 11) is 1.59. The Hall–Kier alpha value is -1.69. The van der Waals surface area contributed by atoms with Crippen molar-refractivity contribution in [1.82, 2.24) is 4.98 Å². The molecule has 0 aliphatic rings. The Balaban J connectivity index is 2.55. The summed E-state index contributed by atoms with van der Waals surface area (Å²) in [5.41, 5.74) is 1.65. The zero-order valence-electron chi connectivity index (χ0n) is 7.85. The van der Waals surface area contributed by atoms with E-state index < -0.39 is 5.76 Å². The summed E-state index contributed by atoms with van der Waals surface area (Å²) in [6, 6.07) is 4.94. The predicted molar refractivity (Wildman–Crippen MR) is 59.6 cm³/mol. The number of amides is 1. The standard InChI is InChI=1S/C9H8N2O3S/c1-11(9(13)15)5-2-3-7-6(4-5)10-8(12)14-7/h2-4H,1H3,(H,10,12)(H,13,15). The predicted octanol–water partition coefficient (Wildman–Crippen LogP) is 1.61. The number of nitrogens with zero attached hydrogens (tertiary/aromatic N) is 1. The molecule has 2 rings (SSSR count). The lowest BCUT2D eigenvalue weighted by Gasteiger charge is -2.13. The topological polar surface area (TPSA) is 66.3 Å². The molecule has 0 saturated heterocycles. The molecule has 6 heteroatoms. The highest BCUT2D eigenvalue weighted by molar-refractivity contribution is 7.96. The van der Waals surface area contributed by atoms with Crippen LogP contribution in [0.15, 0.2) is 27.4 Å². The molecule has 1 N–H and O–H groups in total. The zero-order chi connectivity index (χ0) is 11.0. The molecule has 0 radical (unpaired) electrons. The Morgan fingerprint density at radius 2 is 2.27 bits per heavy atom. The third-order valence-electron chi connectivity index (χ3n) is 2.08. The van der Waals surface area contributed by atoms with E-state index in [9.17, 15) is 9.59 Å². The highest BCUT2D eigenvalue weighted by Crippen LogP contribution is 2.19. The van der Waals surface area contributed by atoms with Gasteiger partial charge in [0.25, 0.3) is 5.24 Å². The molecule has 2 aromatic rings. The number of aromatic nitrogens is 1. The monoisotopic (exact) mass is 224 g/mol. The zero-order valence-corrected chi connectivity index (χ0v) is 8.75. The molecule has 0 aliphatic heterocycles. The van der Waals surface area contributed by atoms with Crippen LogP contribution in [0.5, 0.6) is 0 Å². The van der Waals surface area contributed by atoms with E-state index >= 15 is 0 Å². The number of fused-ring (bicyclic) bond motifs is 1. The lowest BCUT2D eigenvalue weighted by molar-refractivity contribution is 0.266. The summed E-state index contributed by atoms with van der Waals surface area (Å²) in [5, 5.41) is -0.375. The molecule has 0 spiro atoms. The normalized spacial score (nSPS) is 10.5. The molecule has 1 aromatic carbocycles. The SMILES string of the molecule is CN(C(=O)S)c1ccc2oc(=O)[nH]c2c1. The Morgan fingerprint density at radius 1 is 1.53 bits per heavy atom. The van der Waals surface area contributed by atoms with Crippen molar-refractivity contribution in [3.63, 3.8) is 0 Å². The fourth-order valence-electron chi connectivity index (χ4n) is 1.26. The molecule has 1 aromatic heterocycles. The van der Waals surface area contributed by atoms with Crippen molar-refractivity contribution in [3.05, 3.63) is 28.7 Å². The summed E-state index contributed by atoms with van der Waals surface area (Å²) >= 11 is 3.70. The van der Waals surface area contributed by atoms with Crippen LogP contribution in [0, 0.1) is 0 Å². The van der Waals surface area contributed by atoms with E-state index in [0.717, 1.165) is 0 Å². The maximum Gasteiger partial charge on any atom is 0.417 e. The molecule has 5 nitrogen and oxygen atoms in total. The van der Waals surface area contributed by atoms with Gasteiger partial charge in [0, 0.05) is 12.7 Å². The number of hydrogen-bond donors (Lipinski definition) is 2. The van der Waals surface area contributed by atoms with Gasteiger partial charge in [-0.3, -0.25) is 9.78 Å². The molecule has 0 unspecified atom stereocenters. The maximum atomic E-state index is 11.0. The van der Waals surface area contributed by atoms with Crippen molar-refractivity contribution in [1.29, 1.82) is 0 Å². The number of H-pyrrole nitrogens is 1. The van der Waals surface area contributed by atoms with E-state index in [2.05, 4.69) is 17.6 Å². The number of carbonyl (C=O) groups excluding carboxylic acids is 1. The Morgan fingerprint density at radius 3 is 2.93 bits per heavy atom. The first-order valence-electron chi connectivity index (χ1n) is 4.17. The number of hydrogen-bond acceptors (Lipinski definition) is 3. The number of aromatic amines is 1. The molecule has 0 aliphatic carbocycles. The molecule has 78 valence electrons. The maximum absolute atomic E-state index is 11.0. The smallest absolute Gasteiger partial charge is 0.408 e. The molecule has 0 fully saturated rings.